The third kappa shape index (κ3) is 6.60. The highest BCUT2D eigenvalue weighted by Gasteiger charge is 2.42. The zero-order valence-electron chi connectivity index (χ0n) is 17.5. The van der Waals surface area contributed by atoms with E-state index in [9.17, 15) is 9.18 Å². The van der Waals surface area contributed by atoms with Crippen LogP contribution in [0.4, 0.5) is 4.39 Å². The molecular weight excluding hydrogens is 470 g/mol. The fourth-order valence-electron chi connectivity index (χ4n) is 3.79. The smallest absolute Gasteiger partial charge is 0.230 e. The van der Waals surface area contributed by atoms with Gasteiger partial charge in [-0.2, -0.15) is 0 Å². The van der Waals surface area contributed by atoms with Crippen LogP contribution in [0.5, 0.6) is 0 Å². The average Bonchev–Trinajstić information content (AvgIpc) is 3.10. The standard InChI is InChI=1S/C21H33FN4O.HI/c1-5-23-20(24-13-10-17-8-9-18(22)14-16(17)2)25-15-21(11-6-7-12-21)19(27)26(3)4;/h8-9,14H,5-7,10-13,15H2,1-4H3,(H2,23,24,25);1H. The molecule has 0 bridgehead atoms. The summed E-state index contributed by atoms with van der Waals surface area (Å²) in [5, 5.41) is 6.60. The van der Waals surface area contributed by atoms with Gasteiger partial charge in [0.2, 0.25) is 5.91 Å². The molecule has 0 heterocycles. The highest BCUT2D eigenvalue weighted by atomic mass is 127. The van der Waals surface area contributed by atoms with Crippen LogP contribution in [-0.4, -0.2) is 50.5 Å². The molecule has 0 aromatic heterocycles. The number of carbonyl (C=O) groups is 1. The van der Waals surface area contributed by atoms with Crippen LogP contribution in [0, 0.1) is 18.2 Å². The van der Waals surface area contributed by atoms with Crippen molar-refractivity contribution in [2.45, 2.75) is 46.0 Å². The molecule has 1 amide bonds. The van der Waals surface area contributed by atoms with Crippen LogP contribution >= 0.6 is 24.0 Å². The summed E-state index contributed by atoms with van der Waals surface area (Å²) < 4.78 is 13.2. The van der Waals surface area contributed by atoms with Crippen molar-refractivity contribution < 1.29 is 9.18 Å². The highest BCUT2D eigenvalue weighted by Crippen LogP contribution is 2.39. The summed E-state index contributed by atoms with van der Waals surface area (Å²) in [5.74, 6) is 0.711. The number of nitrogens with one attached hydrogen (secondary N) is 2. The second kappa shape index (κ2) is 11.6. The Labute approximate surface area is 185 Å². The second-order valence-corrected chi connectivity index (χ2v) is 7.63. The number of aryl methyl sites for hydroxylation is 1. The van der Waals surface area contributed by atoms with Gasteiger partial charge in [0.15, 0.2) is 5.96 Å². The van der Waals surface area contributed by atoms with Crippen molar-refractivity contribution in [1.82, 2.24) is 15.5 Å². The number of carbonyl (C=O) groups excluding carboxylic acids is 1. The SMILES string of the molecule is CCNC(=NCC1(C(=O)N(C)C)CCCC1)NCCc1ccc(F)cc1C.I. The maximum atomic E-state index is 13.2. The molecule has 158 valence electrons. The summed E-state index contributed by atoms with van der Waals surface area (Å²) in [6.45, 7) is 5.92. The van der Waals surface area contributed by atoms with Crippen molar-refractivity contribution >= 4 is 35.8 Å². The van der Waals surface area contributed by atoms with Gasteiger partial charge in [-0.05, 0) is 56.4 Å². The van der Waals surface area contributed by atoms with Gasteiger partial charge < -0.3 is 15.5 Å². The molecule has 1 aromatic rings. The molecule has 1 fully saturated rings. The Morgan fingerprint density at radius 3 is 2.50 bits per heavy atom. The van der Waals surface area contributed by atoms with Gasteiger partial charge in [0.05, 0.1) is 12.0 Å². The molecule has 0 saturated heterocycles. The average molecular weight is 504 g/mol. The Morgan fingerprint density at radius 2 is 1.93 bits per heavy atom. The molecule has 1 aliphatic rings. The van der Waals surface area contributed by atoms with Gasteiger partial charge >= 0.3 is 0 Å². The molecule has 0 aliphatic heterocycles. The number of benzene rings is 1. The van der Waals surface area contributed by atoms with E-state index in [2.05, 4.69) is 10.6 Å². The van der Waals surface area contributed by atoms with Gasteiger partial charge in [0, 0.05) is 27.2 Å². The van der Waals surface area contributed by atoms with E-state index < -0.39 is 0 Å². The molecule has 0 atom stereocenters. The monoisotopic (exact) mass is 504 g/mol. The predicted molar refractivity (Wildman–Crippen MR) is 124 cm³/mol. The molecular formula is C21H34FIN4O. The Kier molecular flexibility index (Phi) is 10.2. The summed E-state index contributed by atoms with van der Waals surface area (Å²) in [6, 6.07) is 4.89. The quantitative estimate of drug-likeness (QED) is 0.340. The Balaban J connectivity index is 0.00000392. The first kappa shape index (κ1) is 24.7. The van der Waals surface area contributed by atoms with Gasteiger partial charge in [-0.3, -0.25) is 9.79 Å². The zero-order chi connectivity index (χ0) is 19.9. The number of rotatable bonds is 7. The van der Waals surface area contributed by atoms with Crippen molar-refractivity contribution in [3.05, 3.63) is 35.1 Å². The molecule has 5 nitrogen and oxygen atoms in total. The van der Waals surface area contributed by atoms with Crippen LogP contribution in [0.15, 0.2) is 23.2 Å². The van der Waals surface area contributed by atoms with E-state index in [-0.39, 0.29) is 41.1 Å². The third-order valence-corrected chi connectivity index (χ3v) is 5.30. The molecule has 1 aliphatic carbocycles. The Hall–Kier alpha value is -1.38. The third-order valence-electron chi connectivity index (χ3n) is 5.30. The van der Waals surface area contributed by atoms with E-state index in [1.54, 1.807) is 11.0 Å². The molecule has 1 saturated carbocycles. The normalized spacial score (nSPS) is 15.7. The van der Waals surface area contributed by atoms with Gasteiger partial charge in [-0.1, -0.05) is 18.9 Å². The second-order valence-electron chi connectivity index (χ2n) is 7.63. The van der Waals surface area contributed by atoms with Crippen LogP contribution < -0.4 is 10.6 Å². The minimum Gasteiger partial charge on any atom is -0.357 e. The fourth-order valence-corrected chi connectivity index (χ4v) is 3.79. The van der Waals surface area contributed by atoms with Gasteiger partial charge in [0.1, 0.15) is 5.82 Å². The van der Waals surface area contributed by atoms with Gasteiger partial charge in [-0.25, -0.2) is 4.39 Å². The number of aliphatic imine (C=N–C) groups is 1. The molecule has 0 radical (unpaired) electrons. The lowest BCUT2D eigenvalue weighted by Crippen LogP contribution is -2.43. The first-order chi connectivity index (χ1) is 12.9. The molecule has 28 heavy (non-hydrogen) atoms. The minimum absolute atomic E-state index is 0. The molecule has 0 spiro atoms. The minimum atomic E-state index is -0.362. The largest absolute Gasteiger partial charge is 0.357 e. The number of amides is 1. The van der Waals surface area contributed by atoms with Crippen molar-refractivity contribution in [3.8, 4) is 0 Å². The maximum Gasteiger partial charge on any atom is 0.230 e. The van der Waals surface area contributed by atoms with Crippen molar-refractivity contribution in [1.29, 1.82) is 0 Å². The number of nitrogens with zero attached hydrogens (tertiary/aromatic N) is 2. The van der Waals surface area contributed by atoms with E-state index in [0.29, 0.717) is 13.1 Å². The Morgan fingerprint density at radius 1 is 1.25 bits per heavy atom. The number of hydrogen-bond donors (Lipinski definition) is 2. The lowest BCUT2D eigenvalue weighted by molar-refractivity contribution is -0.138. The summed E-state index contributed by atoms with van der Waals surface area (Å²) in [6.07, 6.45) is 4.77. The van der Waals surface area contributed by atoms with Crippen molar-refractivity contribution in [2.24, 2.45) is 10.4 Å². The lowest BCUT2D eigenvalue weighted by Gasteiger charge is -2.29. The first-order valence-corrected chi connectivity index (χ1v) is 9.87. The topological polar surface area (TPSA) is 56.7 Å². The Bertz CT molecular complexity index is 672. The van der Waals surface area contributed by atoms with E-state index in [1.807, 2.05) is 34.0 Å². The van der Waals surface area contributed by atoms with Crippen LogP contribution in [0.1, 0.15) is 43.7 Å². The van der Waals surface area contributed by atoms with E-state index >= 15 is 0 Å². The van der Waals surface area contributed by atoms with Gasteiger partial charge in [-0.15, -0.1) is 24.0 Å². The summed E-state index contributed by atoms with van der Waals surface area (Å²) in [4.78, 5) is 19.1. The fraction of sp³-hybridized carbons (Fsp3) is 0.619. The van der Waals surface area contributed by atoms with Crippen molar-refractivity contribution in [3.63, 3.8) is 0 Å². The van der Waals surface area contributed by atoms with Crippen molar-refractivity contribution in [2.75, 3.05) is 33.7 Å². The molecule has 2 N–H and O–H groups in total. The number of halogens is 2. The van der Waals surface area contributed by atoms with Crippen LogP contribution in [0.2, 0.25) is 0 Å². The molecule has 0 unspecified atom stereocenters. The van der Waals surface area contributed by atoms with Crippen LogP contribution in [0.3, 0.4) is 0 Å². The lowest BCUT2D eigenvalue weighted by atomic mass is 9.85. The number of guanidine groups is 1. The summed E-state index contributed by atoms with van der Waals surface area (Å²) in [5.41, 5.74) is 1.72. The molecule has 1 aromatic carbocycles. The van der Waals surface area contributed by atoms with E-state index in [0.717, 1.165) is 55.7 Å². The van der Waals surface area contributed by atoms with E-state index in [4.69, 9.17) is 4.99 Å². The molecule has 7 heteroatoms. The van der Waals surface area contributed by atoms with Gasteiger partial charge in [0.25, 0.3) is 0 Å². The maximum absolute atomic E-state index is 13.2. The van der Waals surface area contributed by atoms with Crippen LogP contribution in [-0.2, 0) is 11.2 Å². The summed E-state index contributed by atoms with van der Waals surface area (Å²) in [7, 11) is 3.64. The van der Waals surface area contributed by atoms with Crippen LogP contribution in [0.25, 0.3) is 0 Å². The zero-order valence-corrected chi connectivity index (χ0v) is 19.8. The molecule has 2 rings (SSSR count). The summed E-state index contributed by atoms with van der Waals surface area (Å²) >= 11 is 0. The first-order valence-electron chi connectivity index (χ1n) is 9.87. The highest BCUT2D eigenvalue weighted by molar-refractivity contribution is 14.0. The van der Waals surface area contributed by atoms with E-state index in [1.165, 1.54) is 6.07 Å². The predicted octanol–water partition coefficient (Wildman–Crippen LogP) is 3.50. The number of hydrogen-bond acceptors (Lipinski definition) is 2.